The van der Waals surface area contributed by atoms with Crippen molar-refractivity contribution in [1.82, 2.24) is 4.90 Å². The summed E-state index contributed by atoms with van der Waals surface area (Å²) in [4.78, 5) is 55.6. The van der Waals surface area contributed by atoms with Crippen molar-refractivity contribution in [2.24, 2.45) is 0 Å². The Kier molecular flexibility index (Phi) is 6.76. The smallest absolute Gasteiger partial charge is 0.339 e. The second-order valence-corrected chi connectivity index (χ2v) is 9.42. The molecule has 42 heavy (non-hydrogen) atoms. The average Bonchev–Trinajstić information content (AvgIpc) is 3.28. The van der Waals surface area contributed by atoms with E-state index in [1.165, 1.54) is 26.4 Å². The summed E-state index contributed by atoms with van der Waals surface area (Å²) in [6.07, 6.45) is 0. The third-order valence-electron chi connectivity index (χ3n) is 7.03. The molecule has 1 aromatic heterocycles. The van der Waals surface area contributed by atoms with Gasteiger partial charge in [-0.3, -0.25) is 19.3 Å². The normalized spacial score (nSPS) is 13.1. The molecule has 1 atom stereocenters. The van der Waals surface area contributed by atoms with Gasteiger partial charge in [-0.25, -0.2) is 4.79 Å². The molecule has 0 saturated carbocycles. The Bertz CT molecular complexity index is 1890. The van der Waals surface area contributed by atoms with Gasteiger partial charge in [0.05, 0.1) is 30.7 Å². The van der Waals surface area contributed by atoms with E-state index in [2.05, 4.69) is 0 Å². The van der Waals surface area contributed by atoms with Crippen LogP contribution in [0.2, 0.25) is 0 Å². The lowest BCUT2D eigenvalue weighted by Crippen LogP contribution is -2.40. The van der Waals surface area contributed by atoms with Gasteiger partial charge in [0.1, 0.15) is 5.58 Å². The molecule has 0 saturated heterocycles. The van der Waals surface area contributed by atoms with Crippen LogP contribution in [0.25, 0.3) is 22.3 Å². The van der Waals surface area contributed by atoms with Gasteiger partial charge >= 0.3 is 5.97 Å². The molecule has 2 heterocycles. The Balaban J connectivity index is 1.50. The van der Waals surface area contributed by atoms with Crippen LogP contribution >= 0.6 is 0 Å². The van der Waals surface area contributed by atoms with Gasteiger partial charge in [-0.1, -0.05) is 54.6 Å². The van der Waals surface area contributed by atoms with Crippen molar-refractivity contribution in [2.75, 3.05) is 14.2 Å². The van der Waals surface area contributed by atoms with Crippen LogP contribution in [0.15, 0.2) is 106 Å². The molecule has 1 aliphatic heterocycles. The van der Waals surface area contributed by atoms with Gasteiger partial charge in [0, 0.05) is 5.56 Å². The Morgan fingerprint density at radius 1 is 0.738 bits per heavy atom. The molecule has 6 rings (SSSR count). The number of hydrogen-bond acceptors (Lipinski definition) is 8. The number of carbonyl (C=O) groups is 3. The van der Waals surface area contributed by atoms with Crippen molar-refractivity contribution in [3.8, 4) is 28.6 Å². The molecule has 9 nitrogen and oxygen atoms in total. The number of fused-ring (bicyclic) bond motifs is 2. The molecule has 5 aromatic rings. The van der Waals surface area contributed by atoms with Gasteiger partial charge in [0.2, 0.25) is 11.2 Å². The predicted octanol–water partition coefficient (Wildman–Crippen LogP) is 5.42. The van der Waals surface area contributed by atoms with Gasteiger partial charge in [0.25, 0.3) is 11.8 Å². The highest BCUT2D eigenvalue weighted by atomic mass is 16.5. The number of nitrogens with zero attached hydrogens (tertiary/aromatic N) is 1. The highest BCUT2D eigenvalue weighted by Gasteiger charge is 2.44. The zero-order valence-electron chi connectivity index (χ0n) is 22.5. The maximum atomic E-state index is 14.0. The summed E-state index contributed by atoms with van der Waals surface area (Å²) in [7, 11) is 2.95. The van der Waals surface area contributed by atoms with E-state index in [1.54, 1.807) is 84.9 Å². The lowest BCUT2D eigenvalue weighted by Gasteiger charge is -2.25. The van der Waals surface area contributed by atoms with Crippen LogP contribution in [0.4, 0.5) is 0 Å². The van der Waals surface area contributed by atoms with Crippen molar-refractivity contribution in [3.05, 3.63) is 124 Å². The highest BCUT2D eigenvalue weighted by molar-refractivity contribution is 6.22. The minimum absolute atomic E-state index is 0.0397. The highest BCUT2D eigenvalue weighted by Crippen LogP contribution is 2.38. The first kappa shape index (κ1) is 26.5. The number of hydrogen-bond donors (Lipinski definition) is 0. The molecule has 4 aromatic carbocycles. The Morgan fingerprint density at radius 3 is 2.02 bits per heavy atom. The summed E-state index contributed by atoms with van der Waals surface area (Å²) in [6, 6.07) is 24.5. The standard InChI is InChI=1S/C33H23NO8/c1-39-25-17-16-20(18-26(25)40-2)29-30(28(35)23-14-8-9-15-24(23)41-29)42-33(38)27(19-10-4-3-5-11-19)34-31(36)21-12-6-7-13-22(21)32(34)37/h3-18,27H,1-2H3. The molecule has 0 radical (unpaired) electrons. The molecule has 2 amide bonds. The number of amides is 2. The van der Waals surface area contributed by atoms with Crippen LogP contribution in [0.3, 0.4) is 0 Å². The van der Waals surface area contributed by atoms with Gasteiger partial charge in [0.15, 0.2) is 23.3 Å². The number of para-hydroxylation sites is 1. The van der Waals surface area contributed by atoms with Gasteiger partial charge in [-0.05, 0) is 48.0 Å². The zero-order chi connectivity index (χ0) is 29.4. The van der Waals surface area contributed by atoms with Gasteiger partial charge < -0.3 is 18.6 Å². The van der Waals surface area contributed by atoms with Crippen LogP contribution in [-0.4, -0.2) is 36.9 Å². The average molecular weight is 562 g/mol. The molecule has 0 N–H and O–H groups in total. The number of rotatable bonds is 7. The molecule has 0 spiro atoms. The SMILES string of the molecule is COc1ccc(-c2oc3ccccc3c(=O)c2OC(=O)C(c2ccccc2)N2C(=O)c3ccccc3C2=O)cc1OC. The quantitative estimate of drug-likeness (QED) is 0.191. The number of esters is 1. The van der Waals surface area contributed by atoms with Crippen molar-refractivity contribution < 1.29 is 33.0 Å². The predicted molar refractivity (Wildman–Crippen MR) is 153 cm³/mol. The van der Waals surface area contributed by atoms with E-state index in [-0.39, 0.29) is 27.9 Å². The third kappa shape index (κ3) is 4.37. The fourth-order valence-electron chi connectivity index (χ4n) is 5.01. The topological polar surface area (TPSA) is 112 Å². The minimum Gasteiger partial charge on any atom is -0.493 e. The van der Waals surface area contributed by atoms with E-state index in [9.17, 15) is 19.2 Å². The van der Waals surface area contributed by atoms with Crippen LogP contribution < -0.4 is 19.6 Å². The molecule has 9 heteroatoms. The molecule has 0 bridgehead atoms. The molecular formula is C33H23NO8. The number of methoxy groups -OCH3 is 2. The van der Waals surface area contributed by atoms with Crippen molar-refractivity contribution >= 4 is 28.8 Å². The maximum Gasteiger partial charge on any atom is 0.339 e. The minimum atomic E-state index is -1.48. The monoisotopic (exact) mass is 561 g/mol. The van der Waals surface area contributed by atoms with Crippen LogP contribution in [0, 0.1) is 0 Å². The molecule has 1 aliphatic rings. The Morgan fingerprint density at radius 2 is 1.36 bits per heavy atom. The first-order chi connectivity index (χ1) is 20.4. The Labute approximate surface area is 239 Å². The zero-order valence-corrected chi connectivity index (χ0v) is 22.5. The second kappa shape index (κ2) is 10.7. The van der Waals surface area contributed by atoms with E-state index in [0.29, 0.717) is 22.6 Å². The molecular weight excluding hydrogens is 538 g/mol. The summed E-state index contributed by atoms with van der Waals surface area (Å²) >= 11 is 0. The number of carbonyl (C=O) groups excluding carboxylic acids is 3. The van der Waals surface area contributed by atoms with Crippen molar-refractivity contribution in [1.29, 1.82) is 0 Å². The lowest BCUT2D eigenvalue weighted by atomic mass is 10.0. The van der Waals surface area contributed by atoms with E-state index < -0.39 is 35.0 Å². The second-order valence-electron chi connectivity index (χ2n) is 9.42. The largest absolute Gasteiger partial charge is 0.493 e. The summed E-state index contributed by atoms with van der Waals surface area (Å²) < 4.78 is 22.7. The number of ether oxygens (including phenoxy) is 3. The lowest BCUT2D eigenvalue weighted by molar-refractivity contribution is -0.139. The van der Waals surface area contributed by atoms with E-state index in [1.807, 2.05) is 0 Å². The molecule has 208 valence electrons. The molecule has 1 unspecified atom stereocenters. The van der Waals surface area contributed by atoms with Gasteiger partial charge in [-0.2, -0.15) is 0 Å². The summed E-state index contributed by atoms with van der Waals surface area (Å²) in [5.41, 5.74) is 0.710. The van der Waals surface area contributed by atoms with Crippen LogP contribution in [0.1, 0.15) is 32.3 Å². The van der Waals surface area contributed by atoms with Crippen LogP contribution in [0.5, 0.6) is 17.2 Å². The Hall–Kier alpha value is -5.70. The van der Waals surface area contributed by atoms with E-state index in [0.717, 1.165) is 4.90 Å². The van der Waals surface area contributed by atoms with Crippen LogP contribution in [-0.2, 0) is 4.79 Å². The molecule has 0 fully saturated rings. The van der Waals surface area contributed by atoms with Gasteiger partial charge in [-0.15, -0.1) is 0 Å². The fraction of sp³-hybridized carbons (Fsp3) is 0.0909. The maximum absolute atomic E-state index is 14.0. The summed E-state index contributed by atoms with van der Waals surface area (Å²) in [5, 5.41) is 0.182. The van der Waals surface area contributed by atoms with Crippen molar-refractivity contribution in [2.45, 2.75) is 6.04 Å². The van der Waals surface area contributed by atoms with E-state index in [4.69, 9.17) is 18.6 Å². The number of benzene rings is 4. The first-order valence-corrected chi connectivity index (χ1v) is 12.9. The first-order valence-electron chi connectivity index (χ1n) is 12.9. The third-order valence-corrected chi connectivity index (χ3v) is 7.03. The van der Waals surface area contributed by atoms with E-state index >= 15 is 0 Å². The van der Waals surface area contributed by atoms with Crippen molar-refractivity contribution in [3.63, 3.8) is 0 Å². The summed E-state index contributed by atoms with van der Waals surface area (Å²) in [5.74, 6) is -1.95. The number of imide groups is 1. The fourth-order valence-corrected chi connectivity index (χ4v) is 5.01. The summed E-state index contributed by atoms with van der Waals surface area (Å²) in [6.45, 7) is 0. The molecule has 0 aliphatic carbocycles.